The number of carbonyl (C=O) groups excluding carboxylic acids is 1. The average Bonchev–Trinajstić information content (AvgIpc) is 2.28. The molecule has 0 aliphatic rings. The Kier molecular flexibility index (Phi) is 3.99. The van der Waals surface area contributed by atoms with Gasteiger partial charge in [-0.25, -0.2) is 8.42 Å². The van der Waals surface area contributed by atoms with Gasteiger partial charge < -0.3 is 0 Å². The number of hydrogen-bond donors (Lipinski definition) is 0. The standard InChI is InChI=1S/C12H15ClO3S/c1-4-17(15,16)12(3,13)11(14)10-8-6-5-7-9(10)2/h5-8H,4H2,1-3H3/t12-/m1/s1. The predicted molar refractivity (Wildman–Crippen MR) is 69.2 cm³/mol. The molecule has 17 heavy (non-hydrogen) atoms. The van der Waals surface area contributed by atoms with Crippen LogP contribution in [0.4, 0.5) is 0 Å². The summed E-state index contributed by atoms with van der Waals surface area (Å²) in [6, 6.07) is 6.81. The number of ketones is 1. The number of Topliss-reactive ketones (excluding diaryl/α,β-unsaturated/α-hetero) is 1. The van der Waals surface area contributed by atoms with E-state index in [-0.39, 0.29) is 5.75 Å². The molecule has 0 aromatic heterocycles. The summed E-state index contributed by atoms with van der Waals surface area (Å²) >= 11 is 5.95. The summed E-state index contributed by atoms with van der Waals surface area (Å²) < 4.78 is 21.7. The molecule has 0 amide bonds. The van der Waals surface area contributed by atoms with Crippen molar-refractivity contribution >= 4 is 27.2 Å². The maximum absolute atomic E-state index is 12.2. The highest BCUT2D eigenvalue weighted by Crippen LogP contribution is 2.29. The highest BCUT2D eigenvalue weighted by Gasteiger charge is 2.43. The minimum atomic E-state index is -3.65. The fourth-order valence-electron chi connectivity index (χ4n) is 1.48. The molecule has 94 valence electrons. The molecular weight excluding hydrogens is 260 g/mol. The molecule has 0 aliphatic heterocycles. The van der Waals surface area contributed by atoms with Gasteiger partial charge in [-0.1, -0.05) is 42.8 Å². The second-order valence-corrected chi connectivity index (χ2v) is 7.57. The van der Waals surface area contributed by atoms with Gasteiger partial charge in [0.1, 0.15) is 0 Å². The first-order valence-corrected chi connectivity index (χ1v) is 7.28. The Morgan fingerprint density at radius 1 is 1.35 bits per heavy atom. The molecule has 0 saturated carbocycles. The first kappa shape index (κ1) is 14.2. The lowest BCUT2D eigenvalue weighted by Gasteiger charge is -2.20. The van der Waals surface area contributed by atoms with Gasteiger partial charge >= 0.3 is 0 Å². The van der Waals surface area contributed by atoms with Crippen LogP contribution < -0.4 is 0 Å². The minimum absolute atomic E-state index is 0.162. The van der Waals surface area contributed by atoms with Crippen LogP contribution in [0.5, 0.6) is 0 Å². The number of benzene rings is 1. The first-order valence-electron chi connectivity index (χ1n) is 5.25. The molecule has 0 radical (unpaired) electrons. The Hall–Kier alpha value is -0.870. The molecule has 0 heterocycles. The molecule has 0 unspecified atom stereocenters. The summed E-state index contributed by atoms with van der Waals surface area (Å²) in [5.41, 5.74) is 1.07. The number of rotatable bonds is 4. The maximum Gasteiger partial charge on any atom is 0.205 e. The van der Waals surface area contributed by atoms with Crippen LogP contribution in [0.3, 0.4) is 0 Å². The number of alkyl halides is 1. The number of aryl methyl sites for hydroxylation is 1. The van der Waals surface area contributed by atoms with Crippen LogP contribution in [-0.4, -0.2) is 24.2 Å². The first-order chi connectivity index (χ1) is 7.74. The zero-order valence-corrected chi connectivity index (χ0v) is 11.6. The van der Waals surface area contributed by atoms with Gasteiger partial charge in [-0.2, -0.15) is 0 Å². The van der Waals surface area contributed by atoms with Crippen LogP contribution >= 0.6 is 11.6 Å². The summed E-state index contributed by atoms with van der Waals surface area (Å²) in [5, 5.41) is 0. The van der Waals surface area contributed by atoms with E-state index in [1.165, 1.54) is 13.8 Å². The normalized spacial score (nSPS) is 15.3. The monoisotopic (exact) mass is 274 g/mol. The molecule has 1 atom stereocenters. The zero-order chi connectivity index (χ0) is 13.3. The predicted octanol–water partition coefficient (Wildman–Crippen LogP) is 2.57. The molecule has 0 spiro atoms. The van der Waals surface area contributed by atoms with Crippen molar-refractivity contribution < 1.29 is 13.2 Å². The van der Waals surface area contributed by atoms with Crippen molar-refractivity contribution in [2.75, 3.05) is 5.75 Å². The summed E-state index contributed by atoms with van der Waals surface area (Å²) in [6.45, 7) is 4.46. The highest BCUT2D eigenvalue weighted by molar-refractivity contribution is 7.95. The Morgan fingerprint density at radius 2 is 1.88 bits per heavy atom. The number of carbonyl (C=O) groups is 1. The molecule has 0 aliphatic carbocycles. The van der Waals surface area contributed by atoms with Crippen LogP contribution in [0, 0.1) is 6.92 Å². The largest absolute Gasteiger partial charge is 0.291 e. The average molecular weight is 275 g/mol. The Morgan fingerprint density at radius 3 is 2.35 bits per heavy atom. The molecule has 1 aromatic rings. The third-order valence-corrected chi connectivity index (χ3v) is 5.75. The third kappa shape index (κ3) is 2.53. The zero-order valence-electron chi connectivity index (χ0n) is 10.0. The summed E-state index contributed by atoms with van der Waals surface area (Å²) in [6.07, 6.45) is 0. The lowest BCUT2D eigenvalue weighted by molar-refractivity contribution is 0.0977. The third-order valence-electron chi connectivity index (χ3n) is 2.76. The maximum atomic E-state index is 12.2. The molecule has 0 N–H and O–H groups in total. The van der Waals surface area contributed by atoms with Crippen molar-refractivity contribution in [2.24, 2.45) is 0 Å². The molecule has 1 aromatic carbocycles. The van der Waals surface area contributed by atoms with Crippen LogP contribution in [0.25, 0.3) is 0 Å². The van der Waals surface area contributed by atoms with Crippen molar-refractivity contribution in [1.82, 2.24) is 0 Å². The number of sulfone groups is 1. The minimum Gasteiger partial charge on any atom is -0.291 e. The molecule has 0 saturated heterocycles. The lowest BCUT2D eigenvalue weighted by Crippen LogP contribution is -2.39. The Labute approximate surface area is 107 Å². The van der Waals surface area contributed by atoms with E-state index in [0.717, 1.165) is 5.56 Å². The van der Waals surface area contributed by atoms with Gasteiger partial charge in [0.2, 0.25) is 4.21 Å². The highest BCUT2D eigenvalue weighted by atomic mass is 35.5. The molecule has 3 nitrogen and oxygen atoms in total. The van der Waals surface area contributed by atoms with E-state index in [1.54, 1.807) is 31.2 Å². The van der Waals surface area contributed by atoms with Gasteiger partial charge in [-0.15, -0.1) is 0 Å². The smallest absolute Gasteiger partial charge is 0.205 e. The van der Waals surface area contributed by atoms with Gasteiger partial charge in [0.05, 0.1) is 0 Å². The second kappa shape index (κ2) is 4.78. The van der Waals surface area contributed by atoms with E-state index in [4.69, 9.17) is 11.6 Å². The van der Waals surface area contributed by atoms with E-state index in [1.807, 2.05) is 0 Å². The summed E-state index contributed by atoms with van der Waals surface area (Å²) in [5.74, 6) is -0.732. The van der Waals surface area contributed by atoms with Crippen molar-refractivity contribution in [3.8, 4) is 0 Å². The van der Waals surface area contributed by atoms with Crippen molar-refractivity contribution in [2.45, 2.75) is 25.0 Å². The van der Waals surface area contributed by atoms with Gasteiger partial charge in [0, 0.05) is 11.3 Å². The molecule has 5 heteroatoms. The fraction of sp³-hybridized carbons (Fsp3) is 0.417. The number of halogens is 1. The second-order valence-electron chi connectivity index (χ2n) is 3.96. The summed E-state index contributed by atoms with van der Waals surface area (Å²) in [4.78, 5) is 12.2. The van der Waals surface area contributed by atoms with E-state index < -0.39 is 19.8 Å². The van der Waals surface area contributed by atoms with Gasteiger partial charge in [0.15, 0.2) is 15.6 Å². The van der Waals surface area contributed by atoms with Crippen LogP contribution in [0.1, 0.15) is 29.8 Å². The van der Waals surface area contributed by atoms with E-state index >= 15 is 0 Å². The SMILES string of the molecule is CCS(=O)(=O)[C@@](C)(Cl)C(=O)c1ccccc1C. The fourth-order valence-corrected chi connectivity index (χ4v) is 2.84. The molecule has 0 bridgehead atoms. The van der Waals surface area contributed by atoms with Crippen molar-refractivity contribution in [3.63, 3.8) is 0 Å². The van der Waals surface area contributed by atoms with Gasteiger partial charge in [-0.05, 0) is 19.4 Å². The number of hydrogen-bond acceptors (Lipinski definition) is 3. The Balaban J connectivity index is 3.28. The van der Waals surface area contributed by atoms with E-state index in [9.17, 15) is 13.2 Å². The lowest BCUT2D eigenvalue weighted by atomic mass is 10.0. The van der Waals surface area contributed by atoms with Gasteiger partial charge in [0.25, 0.3) is 0 Å². The van der Waals surface area contributed by atoms with Crippen molar-refractivity contribution in [3.05, 3.63) is 35.4 Å². The van der Waals surface area contributed by atoms with Gasteiger partial charge in [-0.3, -0.25) is 4.79 Å². The molecular formula is C12H15ClO3S. The molecule has 0 fully saturated rings. The van der Waals surface area contributed by atoms with Crippen LogP contribution in [-0.2, 0) is 9.84 Å². The van der Waals surface area contributed by atoms with Crippen LogP contribution in [0.15, 0.2) is 24.3 Å². The van der Waals surface area contributed by atoms with Crippen molar-refractivity contribution in [1.29, 1.82) is 0 Å². The van der Waals surface area contributed by atoms with E-state index in [0.29, 0.717) is 5.56 Å². The van der Waals surface area contributed by atoms with E-state index in [2.05, 4.69) is 0 Å². The Bertz CT molecular complexity index is 532. The molecule has 1 rings (SSSR count). The summed E-state index contributed by atoms with van der Waals surface area (Å²) in [7, 11) is -3.65. The topological polar surface area (TPSA) is 51.2 Å². The quantitative estimate of drug-likeness (QED) is 0.626. The van der Waals surface area contributed by atoms with Crippen LogP contribution in [0.2, 0.25) is 0 Å².